The monoisotopic (exact) mass is 156 g/mol. The molecule has 0 aliphatic heterocycles. The molecule has 58 valence electrons. The third kappa shape index (κ3) is 2.73. The molecule has 12 heavy (non-hydrogen) atoms. The molecule has 0 fully saturated rings. The second kappa shape index (κ2) is 5.03. The van der Waals surface area contributed by atoms with Gasteiger partial charge in [0.05, 0.1) is 5.97 Å². The maximum absolute atomic E-state index is 10.4. The van der Waals surface area contributed by atoms with Gasteiger partial charge in [-0.3, -0.25) is 0 Å². The number of hydrogen-bond acceptors (Lipinski definition) is 2. The Bertz CT molecular complexity index is 271. The van der Waals surface area contributed by atoms with Crippen LogP contribution in [-0.4, -0.2) is 5.97 Å². The zero-order chi connectivity index (χ0) is 8.27. The Balaban J connectivity index is 0.00000121. The molecule has 0 unspecified atom stereocenters. The third-order valence-electron chi connectivity index (χ3n) is 1.57. The standard InChI is InChI=1S/C9H10O2.Li/c1-2-7-4-3-5-8(6-7)9(10)11;/h3-6H,2H2,1H3,(H,10,11);/q;+1/p-1. The molecule has 0 bridgehead atoms. The molecule has 1 aromatic rings. The van der Waals surface area contributed by atoms with Gasteiger partial charge in [-0.1, -0.05) is 25.1 Å². The summed E-state index contributed by atoms with van der Waals surface area (Å²) in [5.41, 5.74) is 1.27. The van der Waals surface area contributed by atoms with Gasteiger partial charge in [0.25, 0.3) is 0 Å². The molecule has 3 heteroatoms. The molecular weight excluding hydrogens is 147 g/mol. The summed E-state index contributed by atoms with van der Waals surface area (Å²) in [5.74, 6) is -1.11. The first-order valence-electron chi connectivity index (χ1n) is 3.54. The van der Waals surface area contributed by atoms with Gasteiger partial charge in [0, 0.05) is 0 Å². The average molecular weight is 156 g/mol. The van der Waals surface area contributed by atoms with Crippen molar-refractivity contribution in [2.45, 2.75) is 13.3 Å². The molecule has 1 aromatic carbocycles. The first-order valence-corrected chi connectivity index (χ1v) is 3.54. The first-order chi connectivity index (χ1) is 5.24. The maximum atomic E-state index is 10.4. The van der Waals surface area contributed by atoms with Crippen LogP contribution >= 0.6 is 0 Å². The second-order valence-corrected chi connectivity index (χ2v) is 2.34. The molecule has 0 radical (unpaired) electrons. The number of carboxylic acid groups (broad SMARTS) is 1. The van der Waals surface area contributed by atoms with Crippen LogP contribution in [0.25, 0.3) is 0 Å². The predicted molar refractivity (Wildman–Crippen MR) is 40.2 cm³/mol. The van der Waals surface area contributed by atoms with E-state index in [0.717, 1.165) is 12.0 Å². The van der Waals surface area contributed by atoms with Gasteiger partial charge >= 0.3 is 18.9 Å². The fraction of sp³-hybridized carbons (Fsp3) is 0.222. The van der Waals surface area contributed by atoms with Crippen LogP contribution in [0.3, 0.4) is 0 Å². The van der Waals surface area contributed by atoms with Gasteiger partial charge in [0.1, 0.15) is 0 Å². The largest absolute Gasteiger partial charge is 1.00 e. The van der Waals surface area contributed by atoms with Crippen LogP contribution in [0.2, 0.25) is 0 Å². The molecule has 0 aromatic heterocycles. The number of hydrogen-bond donors (Lipinski definition) is 0. The van der Waals surface area contributed by atoms with Crippen LogP contribution in [-0.2, 0) is 6.42 Å². The number of aromatic carboxylic acids is 1. The second-order valence-electron chi connectivity index (χ2n) is 2.34. The SMILES string of the molecule is CCc1cccc(C(=O)[O-])c1.[Li+]. The van der Waals surface area contributed by atoms with E-state index in [4.69, 9.17) is 0 Å². The maximum Gasteiger partial charge on any atom is 1.00 e. The number of carboxylic acids is 1. The summed E-state index contributed by atoms with van der Waals surface area (Å²) in [6.07, 6.45) is 0.848. The van der Waals surface area contributed by atoms with Gasteiger partial charge in [-0.05, 0) is 23.6 Å². The van der Waals surface area contributed by atoms with Crippen LogP contribution in [0.15, 0.2) is 24.3 Å². The van der Waals surface area contributed by atoms with E-state index in [2.05, 4.69) is 0 Å². The van der Waals surface area contributed by atoms with Crippen LogP contribution in [0.1, 0.15) is 22.8 Å². The fourth-order valence-corrected chi connectivity index (χ4v) is 0.918. The summed E-state index contributed by atoms with van der Waals surface area (Å²) in [6.45, 7) is 1.98. The van der Waals surface area contributed by atoms with Crippen molar-refractivity contribution < 1.29 is 28.8 Å². The first kappa shape index (κ1) is 11.3. The normalized spacial score (nSPS) is 8.75. The van der Waals surface area contributed by atoms with Crippen LogP contribution in [0.4, 0.5) is 0 Å². The van der Waals surface area contributed by atoms with Crippen LogP contribution in [0.5, 0.6) is 0 Å². The Hall–Kier alpha value is -0.713. The average Bonchev–Trinajstić information content (AvgIpc) is 2.05. The summed E-state index contributed by atoms with van der Waals surface area (Å²) in [5, 5.41) is 10.4. The van der Waals surface area contributed by atoms with E-state index >= 15 is 0 Å². The number of benzene rings is 1. The van der Waals surface area contributed by atoms with E-state index < -0.39 is 5.97 Å². The quantitative estimate of drug-likeness (QED) is 0.448. The van der Waals surface area contributed by atoms with Crippen LogP contribution in [0, 0.1) is 0 Å². The van der Waals surface area contributed by atoms with E-state index in [1.807, 2.05) is 13.0 Å². The minimum Gasteiger partial charge on any atom is -0.545 e. The fourth-order valence-electron chi connectivity index (χ4n) is 0.918. The molecule has 0 amide bonds. The van der Waals surface area contributed by atoms with Crippen molar-refractivity contribution in [3.8, 4) is 0 Å². The van der Waals surface area contributed by atoms with Crippen molar-refractivity contribution in [2.24, 2.45) is 0 Å². The molecule has 1 rings (SSSR count). The number of aryl methyl sites for hydroxylation is 1. The van der Waals surface area contributed by atoms with Gasteiger partial charge < -0.3 is 9.90 Å². The van der Waals surface area contributed by atoms with E-state index in [9.17, 15) is 9.90 Å². The van der Waals surface area contributed by atoms with E-state index in [0.29, 0.717) is 0 Å². The van der Waals surface area contributed by atoms with E-state index in [1.165, 1.54) is 6.07 Å². The smallest absolute Gasteiger partial charge is 0.545 e. The Morgan fingerprint density at radius 2 is 2.17 bits per heavy atom. The van der Waals surface area contributed by atoms with Gasteiger partial charge in [-0.25, -0.2) is 0 Å². The summed E-state index contributed by atoms with van der Waals surface area (Å²) < 4.78 is 0. The molecule has 0 saturated carbocycles. The van der Waals surface area contributed by atoms with E-state index in [1.54, 1.807) is 12.1 Å². The molecule has 0 atom stereocenters. The van der Waals surface area contributed by atoms with Crippen molar-refractivity contribution in [3.05, 3.63) is 35.4 Å². The van der Waals surface area contributed by atoms with Crippen molar-refractivity contribution >= 4 is 5.97 Å². The minimum atomic E-state index is -1.11. The zero-order valence-electron chi connectivity index (χ0n) is 7.33. The Kier molecular flexibility index (Phi) is 4.73. The molecule has 0 N–H and O–H groups in total. The van der Waals surface area contributed by atoms with Crippen molar-refractivity contribution in [1.82, 2.24) is 0 Å². The molecule has 0 aliphatic carbocycles. The molecular formula is C9H9LiO2. The third-order valence-corrected chi connectivity index (χ3v) is 1.57. The topological polar surface area (TPSA) is 40.1 Å². The van der Waals surface area contributed by atoms with Gasteiger partial charge in [0.2, 0.25) is 0 Å². The molecule has 2 nitrogen and oxygen atoms in total. The molecule has 0 saturated heterocycles. The summed E-state index contributed by atoms with van der Waals surface area (Å²) >= 11 is 0. The molecule has 0 heterocycles. The Morgan fingerprint density at radius 1 is 1.50 bits per heavy atom. The van der Waals surface area contributed by atoms with Crippen molar-refractivity contribution in [1.29, 1.82) is 0 Å². The van der Waals surface area contributed by atoms with Crippen molar-refractivity contribution in [2.75, 3.05) is 0 Å². The Morgan fingerprint density at radius 3 is 2.67 bits per heavy atom. The summed E-state index contributed by atoms with van der Waals surface area (Å²) in [7, 11) is 0. The summed E-state index contributed by atoms with van der Waals surface area (Å²) in [4.78, 5) is 10.4. The molecule has 0 aliphatic rings. The number of carbonyl (C=O) groups is 1. The Labute approximate surface area is 83.8 Å². The summed E-state index contributed by atoms with van der Waals surface area (Å²) in [6, 6.07) is 6.79. The number of carbonyl (C=O) groups excluding carboxylic acids is 1. The zero-order valence-corrected chi connectivity index (χ0v) is 7.33. The van der Waals surface area contributed by atoms with Crippen molar-refractivity contribution in [3.63, 3.8) is 0 Å². The van der Waals surface area contributed by atoms with Crippen LogP contribution < -0.4 is 24.0 Å². The van der Waals surface area contributed by atoms with Gasteiger partial charge in [-0.2, -0.15) is 0 Å². The minimum absolute atomic E-state index is 0. The molecule has 0 spiro atoms. The van der Waals surface area contributed by atoms with Gasteiger partial charge in [0.15, 0.2) is 0 Å². The predicted octanol–water partition coefficient (Wildman–Crippen LogP) is -2.38. The van der Waals surface area contributed by atoms with Gasteiger partial charge in [-0.15, -0.1) is 0 Å². The number of rotatable bonds is 2. The van der Waals surface area contributed by atoms with E-state index in [-0.39, 0.29) is 24.4 Å².